The van der Waals surface area contributed by atoms with Crippen molar-refractivity contribution in [2.45, 2.75) is 33.2 Å². The summed E-state index contributed by atoms with van der Waals surface area (Å²) in [6, 6.07) is 13.6. The van der Waals surface area contributed by atoms with Crippen LogP contribution in [0.2, 0.25) is 0 Å². The second kappa shape index (κ2) is 9.99. The minimum Gasteiger partial charge on any atom is -0.465 e. The number of halogens is 1. The van der Waals surface area contributed by atoms with Crippen LogP contribution in [-0.2, 0) is 22.5 Å². The minimum absolute atomic E-state index is 0.00968. The number of esters is 1. The number of ether oxygens (including phenoxy) is 2. The van der Waals surface area contributed by atoms with Gasteiger partial charge in [0, 0.05) is 30.6 Å². The van der Waals surface area contributed by atoms with Crippen LogP contribution in [0.4, 0.5) is 4.39 Å². The van der Waals surface area contributed by atoms with Gasteiger partial charge in [0.2, 0.25) is 5.91 Å². The largest absolute Gasteiger partial charge is 0.465 e. The molecule has 1 aliphatic heterocycles. The summed E-state index contributed by atoms with van der Waals surface area (Å²) in [6.07, 6.45) is 1.28. The van der Waals surface area contributed by atoms with Crippen LogP contribution in [0.25, 0.3) is 11.3 Å². The number of benzene rings is 2. The number of hydrogen-bond donors (Lipinski definition) is 0. The smallest absolute Gasteiger partial charge is 0.340 e. The second-order valence-electron chi connectivity index (χ2n) is 8.40. The highest BCUT2D eigenvalue weighted by molar-refractivity contribution is 5.90. The van der Waals surface area contributed by atoms with Crippen LogP contribution in [0.15, 0.2) is 48.5 Å². The molecule has 4 rings (SSSR count). The number of carbonyl (C=O) groups is 2. The Kier molecular flexibility index (Phi) is 6.86. The van der Waals surface area contributed by atoms with Gasteiger partial charge in [0.05, 0.1) is 24.1 Å². The quantitative estimate of drug-likeness (QED) is 0.469. The molecule has 2 heterocycles. The van der Waals surface area contributed by atoms with E-state index < -0.39 is 11.8 Å². The normalized spacial score (nSPS) is 15.5. The van der Waals surface area contributed by atoms with Gasteiger partial charge in [-0.3, -0.25) is 4.79 Å². The van der Waals surface area contributed by atoms with Gasteiger partial charge in [0.1, 0.15) is 17.3 Å². The number of hydrogen-bond acceptors (Lipinski definition) is 6. The number of rotatable bonds is 7. The van der Waals surface area contributed by atoms with Crippen LogP contribution in [0.5, 0.6) is 11.5 Å². The zero-order chi connectivity index (χ0) is 24.2. The van der Waals surface area contributed by atoms with Crippen molar-refractivity contribution in [2.24, 2.45) is 5.92 Å². The van der Waals surface area contributed by atoms with E-state index in [9.17, 15) is 14.0 Å². The summed E-state index contributed by atoms with van der Waals surface area (Å²) in [6.45, 7) is 4.79. The van der Waals surface area contributed by atoms with E-state index in [1.165, 1.54) is 19.2 Å². The van der Waals surface area contributed by atoms with Gasteiger partial charge in [0.25, 0.3) is 0 Å². The summed E-state index contributed by atoms with van der Waals surface area (Å²) in [5.41, 5.74) is 2.76. The molecule has 1 saturated heterocycles. The molecule has 1 aromatic heterocycles. The number of methoxy groups -OCH3 is 1. The van der Waals surface area contributed by atoms with Gasteiger partial charge in [0.15, 0.2) is 0 Å². The first-order valence-electron chi connectivity index (χ1n) is 11.2. The van der Waals surface area contributed by atoms with E-state index in [-0.39, 0.29) is 29.7 Å². The molecule has 1 unspecified atom stereocenters. The lowest BCUT2D eigenvalue weighted by Gasteiger charge is -2.20. The number of nitrogens with zero attached hydrogens (tertiary/aromatic N) is 3. The van der Waals surface area contributed by atoms with Crippen molar-refractivity contribution >= 4 is 11.9 Å². The van der Waals surface area contributed by atoms with Crippen molar-refractivity contribution in [3.63, 3.8) is 0 Å². The number of amides is 1. The molecule has 0 aliphatic carbocycles. The average molecular weight is 464 g/mol. The van der Waals surface area contributed by atoms with Crippen LogP contribution in [0.1, 0.15) is 41.9 Å². The molecule has 0 N–H and O–H groups in total. The van der Waals surface area contributed by atoms with Crippen molar-refractivity contribution in [3.8, 4) is 22.8 Å². The Bertz CT molecular complexity index is 1200. The zero-order valence-corrected chi connectivity index (χ0v) is 19.4. The Morgan fingerprint density at radius 3 is 2.50 bits per heavy atom. The fraction of sp³-hybridized carbons (Fsp3) is 0.308. The molecule has 1 fully saturated rings. The van der Waals surface area contributed by atoms with E-state index in [1.807, 2.05) is 38.1 Å². The number of likely N-dealkylation sites (tertiary alicyclic amines) is 1. The molecule has 1 aliphatic rings. The van der Waals surface area contributed by atoms with Crippen molar-refractivity contribution in [2.75, 3.05) is 13.7 Å². The molecule has 0 bridgehead atoms. The first-order valence-corrected chi connectivity index (χ1v) is 11.2. The third kappa shape index (κ3) is 5.06. The average Bonchev–Trinajstić information content (AvgIpc) is 3.17. The molecule has 34 heavy (non-hydrogen) atoms. The summed E-state index contributed by atoms with van der Waals surface area (Å²) in [7, 11) is 1.19. The zero-order valence-electron chi connectivity index (χ0n) is 19.4. The van der Waals surface area contributed by atoms with Gasteiger partial charge in [-0.15, -0.1) is 0 Å². The van der Waals surface area contributed by atoms with Gasteiger partial charge in [-0.25, -0.2) is 9.18 Å². The van der Waals surface area contributed by atoms with Crippen LogP contribution < -0.4 is 4.74 Å². The van der Waals surface area contributed by atoms with E-state index in [2.05, 4.69) is 10.2 Å². The summed E-state index contributed by atoms with van der Waals surface area (Å²) in [4.78, 5) is 26.0. The van der Waals surface area contributed by atoms with E-state index >= 15 is 0 Å². The van der Waals surface area contributed by atoms with E-state index in [0.717, 1.165) is 23.4 Å². The van der Waals surface area contributed by atoms with Crippen molar-refractivity contribution in [3.05, 3.63) is 71.2 Å². The summed E-state index contributed by atoms with van der Waals surface area (Å²) in [5.74, 6) is -0.503. The molecule has 3 aromatic rings. The fourth-order valence-electron chi connectivity index (χ4n) is 3.93. The number of aryl methyl sites for hydroxylation is 1. The SMILES string of the molecule is CCc1ccc(-c2ccc(Oc3cc(C(=O)OC)c(F)cc3CN3CC(C)CC3=O)cc2)nn1. The fourth-order valence-corrected chi connectivity index (χ4v) is 3.93. The van der Waals surface area contributed by atoms with Gasteiger partial charge >= 0.3 is 5.97 Å². The van der Waals surface area contributed by atoms with Gasteiger partial charge < -0.3 is 14.4 Å². The predicted octanol–water partition coefficient (Wildman–Crippen LogP) is 4.79. The van der Waals surface area contributed by atoms with Crippen LogP contribution in [-0.4, -0.2) is 40.6 Å². The highest BCUT2D eigenvalue weighted by Gasteiger charge is 2.28. The molecule has 1 amide bonds. The maximum absolute atomic E-state index is 14.7. The molecule has 0 radical (unpaired) electrons. The Morgan fingerprint density at radius 2 is 1.91 bits per heavy atom. The maximum Gasteiger partial charge on any atom is 0.340 e. The number of aromatic nitrogens is 2. The Hall–Kier alpha value is -3.81. The van der Waals surface area contributed by atoms with Crippen LogP contribution >= 0.6 is 0 Å². The third-order valence-electron chi connectivity index (χ3n) is 5.78. The Balaban J connectivity index is 1.62. The second-order valence-corrected chi connectivity index (χ2v) is 8.40. The molecule has 176 valence electrons. The van der Waals surface area contributed by atoms with E-state index in [4.69, 9.17) is 9.47 Å². The predicted molar refractivity (Wildman–Crippen MR) is 124 cm³/mol. The van der Waals surface area contributed by atoms with Crippen molar-refractivity contribution in [1.29, 1.82) is 0 Å². The lowest BCUT2D eigenvalue weighted by molar-refractivity contribution is -0.128. The number of carbonyl (C=O) groups excluding carboxylic acids is 2. The molecular formula is C26H26FN3O4. The van der Waals surface area contributed by atoms with Crippen LogP contribution in [0, 0.1) is 11.7 Å². The Morgan fingerprint density at radius 1 is 1.15 bits per heavy atom. The molecule has 0 spiro atoms. The maximum atomic E-state index is 14.7. The van der Waals surface area contributed by atoms with Crippen molar-refractivity contribution in [1.82, 2.24) is 15.1 Å². The van der Waals surface area contributed by atoms with Gasteiger partial charge in [-0.1, -0.05) is 13.8 Å². The van der Waals surface area contributed by atoms with Crippen LogP contribution in [0.3, 0.4) is 0 Å². The molecule has 1 atom stereocenters. The van der Waals surface area contributed by atoms with E-state index in [0.29, 0.717) is 24.3 Å². The van der Waals surface area contributed by atoms with Crippen molar-refractivity contribution < 1.29 is 23.5 Å². The molecular weight excluding hydrogens is 437 g/mol. The topological polar surface area (TPSA) is 81.6 Å². The van der Waals surface area contributed by atoms with E-state index in [1.54, 1.807) is 17.0 Å². The first-order chi connectivity index (χ1) is 16.4. The first kappa shape index (κ1) is 23.4. The molecule has 7 nitrogen and oxygen atoms in total. The van der Waals surface area contributed by atoms with Gasteiger partial charge in [-0.2, -0.15) is 10.2 Å². The highest BCUT2D eigenvalue weighted by Crippen LogP contribution is 2.32. The van der Waals surface area contributed by atoms with Gasteiger partial charge in [-0.05, 0) is 60.9 Å². The lowest BCUT2D eigenvalue weighted by Crippen LogP contribution is -2.25. The monoisotopic (exact) mass is 463 g/mol. The lowest BCUT2D eigenvalue weighted by atomic mass is 10.1. The Labute approximate surface area is 197 Å². The molecule has 2 aromatic carbocycles. The minimum atomic E-state index is -0.802. The third-order valence-corrected chi connectivity index (χ3v) is 5.78. The summed E-state index contributed by atoms with van der Waals surface area (Å²) < 4.78 is 25.4. The summed E-state index contributed by atoms with van der Waals surface area (Å²) >= 11 is 0. The molecule has 8 heteroatoms. The highest BCUT2D eigenvalue weighted by atomic mass is 19.1. The standard InChI is InChI=1S/C26H26FN3O4/c1-4-19-7-10-23(29-28-19)17-5-8-20(9-6-17)34-24-13-21(26(32)33-3)22(27)12-18(24)15-30-14-16(2)11-25(30)31/h5-10,12-13,16H,4,11,14-15H2,1-3H3. The summed E-state index contributed by atoms with van der Waals surface area (Å²) in [5, 5.41) is 8.43. The molecule has 0 saturated carbocycles.